The molecule has 18 aromatic carbocycles. The minimum absolute atomic E-state index is 0.824. The van der Waals surface area contributed by atoms with E-state index in [-0.39, 0.29) is 0 Å². The maximum Gasteiger partial charge on any atom is 0.144 e. The van der Waals surface area contributed by atoms with Crippen molar-refractivity contribution in [3.8, 4) is 44.6 Å². The van der Waals surface area contributed by atoms with Crippen molar-refractivity contribution in [1.82, 2.24) is 9.97 Å². The van der Waals surface area contributed by atoms with Crippen molar-refractivity contribution in [2.24, 2.45) is 4.99 Å². The number of furan rings is 6. The number of benzene rings is 18. The van der Waals surface area contributed by atoms with E-state index in [4.69, 9.17) is 41.5 Å². The highest BCUT2D eigenvalue weighted by atomic mass is 16.4. The van der Waals surface area contributed by atoms with Crippen LogP contribution in [0.2, 0.25) is 0 Å². The van der Waals surface area contributed by atoms with Crippen LogP contribution in [0, 0.1) is 6.92 Å². The summed E-state index contributed by atoms with van der Waals surface area (Å²) in [5.41, 5.74) is 23.7. The molecule has 528 valence electrons. The molecule has 7 aromatic heterocycles. The van der Waals surface area contributed by atoms with E-state index < -0.39 is 0 Å². The number of para-hydroxylation sites is 6. The van der Waals surface area contributed by atoms with Crippen LogP contribution in [0.1, 0.15) is 11.1 Å². The molecule has 0 unspecified atom stereocenters. The van der Waals surface area contributed by atoms with Crippen LogP contribution in [0.4, 0.5) is 5.69 Å². The molecule has 0 aliphatic heterocycles. The van der Waals surface area contributed by atoms with Gasteiger partial charge >= 0.3 is 0 Å². The smallest absolute Gasteiger partial charge is 0.144 e. The molecular weight excluding hydrogens is 1390 g/mol. The van der Waals surface area contributed by atoms with E-state index in [1.165, 1.54) is 32.5 Å². The van der Waals surface area contributed by atoms with E-state index in [9.17, 15) is 0 Å². The Morgan fingerprint density at radius 1 is 0.257 bits per heavy atom. The van der Waals surface area contributed by atoms with Crippen molar-refractivity contribution < 1.29 is 26.5 Å². The minimum Gasteiger partial charge on any atom is -0.456 e. The van der Waals surface area contributed by atoms with E-state index in [1.54, 1.807) is 0 Å². The summed E-state index contributed by atoms with van der Waals surface area (Å²) in [6.45, 7) is 2.12. The summed E-state index contributed by atoms with van der Waals surface area (Å²) in [4.78, 5) is 15.3. The van der Waals surface area contributed by atoms with Crippen molar-refractivity contribution in [2.45, 2.75) is 6.92 Å². The highest BCUT2D eigenvalue weighted by molar-refractivity contribution is 6.28. The molecule has 0 atom stereocenters. The molecule has 0 aliphatic rings. The van der Waals surface area contributed by atoms with Gasteiger partial charge in [0.1, 0.15) is 67.0 Å². The van der Waals surface area contributed by atoms with Gasteiger partial charge in [-0.2, -0.15) is 0 Å². The van der Waals surface area contributed by atoms with Gasteiger partial charge in [-0.25, -0.2) is 4.98 Å². The Morgan fingerprint density at radius 3 is 1.11 bits per heavy atom. The van der Waals surface area contributed by atoms with Crippen molar-refractivity contribution in [1.29, 1.82) is 0 Å². The number of aromatic nitrogens is 2. The number of nitrogens with zero attached hydrogens (tertiary/aromatic N) is 3. The second kappa shape index (κ2) is 25.5. The summed E-state index contributed by atoms with van der Waals surface area (Å²) in [5.74, 6) is 0. The normalized spacial score (nSPS) is 12.1. The molecule has 113 heavy (non-hydrogen) atoms. The Hall–Kier alpha value is -15.2. The summed E-state index contributed by atoms with van der Waals surface area (Å²) in [5, 5.41) is 22.3. The van der Waals surface area contributed by atoms with Crippen molar-refractivity contribution in [2.75, 3.05) is 0 Å². The Balaban J connectivity index is 0.000000104. The zero-order valence-corrected chi connectivity index (χ0v) is 60.8. The topological polar surface area (TPSA) is 117 Å². The number of hydrogen-bond acceptors (Lipinski definition) is 9. The molecular formula is C104H61N3O6. The summed E-state index contributed by atoms with van der Waals surface area (Å²) >= 11 is 0. The molecule has 0 bridgehead atoms. The largest absolute Gasteiger partial charge is 0.456 e. The lowest BCUT2D eigenvalue weighted by Gasteiger charge is -2.11. The van der Waals surface area contributed by atoms with Crippen molar-refractivity contribution >= 4 is 198 Å². The maximum atomic E-state index is 6.59. The van der Waals surface area contributed by atoms with Gasteiger partial charge in [0.25, 0.3) is 0 Å². The van der Waals surface area contributed by atoms with Gasteiger partial charge in [0.05, 0.1) is 28.6 Å². The third-order valence-corrected chi connectivity index (χ3v) is 22.5. The monoisotopic (exact) mass is 1450 g/mol. The average Bonchev–Trinajstić information content (AvgIpc) is 1.57. The van der Waals surface area contributed by atoms with Gasteiger partial charge in [0.2, 0.25) is 0 Å². The fourth-order valence-electron chi connectivity index (χ4n) is 17.5. The van der Waals surface area contributed by atoms with Crippen LogP contribution in [-0.2, 0) is 0 Å². The van der Waals surface area contributed by atoms with Crippen LogP contribution >= 0.6 is 0 Å². The quantitative estimate of drug-likeness (QED) is 0.119. The number of fused-ring (bicyclic) bond motifs is 27. The second-order valence-electron chi connectivity index (χ2n) is 29.1. The average molecular weight is 1450 g/mol. The van der Waals surface area contributed by atoms with Crippen LogP contribution in [0.25, 0.3) is 230 Å². The highest BCUT2D eigenvalue weighted by Gasteiger charge is 2.26. The molecule has 0 amide bonds. The molecule has 0 fully saturated rings. The second-order valence-corrected chi connectivity index (χ2v) is 29.1. The van der Waals surface area contributed by atoms with Crippen molar-refractivity contribution in [3.63, 3.8) is 0 Å². The van der Waals surface area contributed by atoms with Crippen LogP contribution in [0.3, 0.4) is 0 Å². The molecule has 0 saturated heterocycles. The standard InChI is InChI=1S/C40H22N2O2.C39H23NO2.C25H16O2/c1-3-15-28-25(12-1)26-13-2-4-16-29(26)39-38(28)41-22-32(42-39)23-10-9-11-24(20-23)36-37-30-17-6-8-19-34(30)43-35(37)21-31-27-14-5-7-18-33(27)44-40(31)36;1-2-13-27-25(11-1)21-33(29-15-4-3-14-28(27)29)40-23-24-10-9-12-26(20-24)37-38-31-17-6-8-19-35(31)41-36(38)22-32-30-16-5-7-18-34(30)42-39(32)37;1-15-7-6-8-16(13-15)23-24-18-10-3-5-12-21(18)26-22(24)14-19-17-9-2-4-11-20(17)27-25(19)23/h1-22H;1-23H;2-14H,1H3. The summed E-state index contributed by atoms with van der Waals surface area (Å²) < 4.78 is 38.5. The Bertz CT molecular complexity index is 8250. The number of hydrogen-bond donors (Lipinski definition) is 0. The Labute approximate surface area is 643 Å². The first-order valence-electron chi connectivity index (χ1n) is 38.0. The van der Waals surface area contributed by atoms with Gasteiger partial charge < -0.3 is 26.5 Å². The lowest BCUT2D eigenvalue weighted by molar-refractivity contribution is 0.664. The van der Waals surface area contributed by atoms with Crippen LogP contribution in [-0.4, -0.2) is 16.2 Å². The first kappa shape index (κ1) is 63.9. The number of rotatable bonds is 6. The zero-order valence-electron chi connectivity index (χ0n) is 60.8. The molecule has 7 heterocycles. The lowest BCUT2D eigenvalue weighted by atomic mass is 9.95. The fourth-order valence-corrected chi connectivity index (χ4v) is 17.5. The van der Waals surface area contributed by atoms with Crippen LogP contribution < -0.4 is 0 Å². The SMILES string of the molecule is C(=Nc1cc2ccccc2c2ccccc12)c1cccc(-c2c3oc4ccccc4c3cc3oc4ccccc4c23)c1.Cc1cccc(-c2c3oc4ccccc4c3cc3oc4ccccc4c23)c1.c1cc(-c2cnc3c4ccccc4c4ccccc4c3n2)cc(-c2c3oc4ccccc4c3cc3oc4ccccc4c23)c1. The Kier molecular flexibility index (Phi) is 14.4. The van der Waals surface area contributed by atoms with Gasteiger partial charge in [-0.05, 0) is 129 Å². The third kappa shape index (κ3) is 10.3. The molecule has 9 heteroatoms. The van der Waals surface area contributed by atoms with Crippen LogP contribution in [0.5, 0.6) is 0 Å². The molecule has 0 spiro atoms. The molecule has 0 radical (unpaired) electrons. The van der Waals surface area contributed by atoms with E-state index in [2.05, 4.69) is 256 Å². The van der Waals surface area contributed by atoms with Gasteiger partial charge in [-0.15, -0.1) is 0 Å². The first-order chi connectivity index (χ1) is 55.9. The van der Waals surface area contributed by atoms with E-state index in [1.807, 2.05) is 103 Å². The van der Waals surface area contributed by atoms with Gasteiger partial charge in [-0.3, -0.25) is 9.98 Å². The van der Waals surface area contributed by atoms with E-state index >= 15 is 0 Å². The predicted octanol–water partition coefficient (Wildman–Crippen LogP) is 29.7. The third-order valence-electron chi connectivity index (χ3n) is 22.5. The minimum atomic E-state index is 0.824. The van der Waals surface area contributed by atoms with Crippen LogP contribution in [0.15, 0.2) is 377 Å². The van der Waals surface area contributed by atoms with Gasteiger partial charge in [-0.1, -0.05) is 272 Å². The molecule has 0 saturated carbocycles. The molecule has 0 aliphatic carbocycles. The van der Waals surface area contributed by atoms with E-state index in [0.29, 0.717) is 0 Å². The zero-order chi connectivity index (χ0) is 74.4. The molecule has 0 N–H and O–H groups in total. The summed E-state index contributed by atoms with van der Waals surface area (Å²) in [6, 6.07) is 117. The fraction of sp³-hybridized carbons (Fsp3) is 0.00962. The molecule has 25 rings (SSSR count). The Morgan fingerprint density at radius 2 is 0.619 bits per heavy atom. The summed E-state index contributed by atoms with van der Waals surface area (Å²) in [6.07, 6.45) is 3.86. The first-order valence-corrected chi connectivity index (χ1v) is 38.0. The number of aryl methyl sites for hydroxylation is 1. The van der Waals surface area contributed by atoms with E-state index in [0.717, 1.165) is 215 Å². The molecule has 9 nitrogen and oxygen atoms in total. The molecule has 25 aromatic rings. The number of aliphatic imine (C=N–C) groups is 1. The summed E-state index contributed by atoms with van der Waals surface area (Å²) in [7, 11) is 0. The predicted molar refractivity (Wildman–Crippen MR) is 466 cm³/mol. The van der Waals surface area contributed by atoms with Gasteiger partial charge in [0, 0.05) is 109 Å². The maximum absolute atomic E-state index is 6.59. The van der Waals surface area contributed by atoms with Crippen molar-refractivity contribution in [3.05, 3.63) is 357 Å². The highest BCUT2D eigenvalue weighted by Crippen LogP contribution is 2.50. The lowest BCUT2D eigenvalue weighted by Crippen LogP contribution is -1.92. The van der Waals surface area contributed by atoms with Gasteiger partial charge in [0.15, 0.2) is 0 Å².